The topological polar surface area (TPSA) is 27.3 Å². The second-order valence-electron chi connectivity index (χ2n) is 9.30. The molecule has 6 aromatic carbocycles. The zero-order valence-electron chi connectivity index (χ0n) is 21.5. The van der Waals surface area contributed by atoms with E-state index in [9.17, 15) is 0 Å². The average molecular weight is 504 g/mol. The third kappa shape index (κ3) is 5.68. The fourth-order valence-electron chi connectivity index (χ4n) is 4.73. The lowest BCUT2D eigenvalue weighted by molar-refractivity contribution is 1.28. The number of benzene rings is 6. The first-order valence-electron chi connectivity index (χ1n) is 13.1. The molecule has 0 atom stereocenters. The van der Waals surface area contributed by atoms with Crippen LogP contribution in [0.15, 0.2) is 164 Å². The van der Waals surface area contributed by atoms with Gasteiger partial charge in [-0.2, -0.15) is 0 Å². The van der Waals surface area contributed by atoms with E-state index in [1.54, 1.807) is 0 Å². The molecule has 0 radical (unpaired) electrons. The molecule has 6 aromatic rings. The molecule has 0 aliphatic heterocycles. The lowest BCUT2D eigenvalue weighted by Gasteiger charge is -2.25. The lowest BCUT2D eigenvalue weighted by atomic mass is 10.0. The molecule has 6 rings (SSSR count). The van der Waals surface area contributed by atoms with E-state index in [0.717, 1.165) is 50.9 Å². The molecule has 0 saturated heterocycles. The van der Waals surface area contributed by atoms with Gasteiger partial charge in [0.15, 0.2) is 0 Å². The summed E-state index contributed by atoms with van der Waals surface area (Å²) in [4.78, 5) is 2.28. The highest BCUT2D eigenvalue weighted by molar-refractivity contribution is 5.86. The van der Waals surface area contributed by atoms with Crippen molar-refractivity contribution in [1.82, 2.24) is 0 Å². The molecule has 3 nitrogen and oxygen atoms in total. The van der Waals surface area contributed by atoms with Crippen LogP contribution in [0.4, 0.5) is 39.8 Å². The fraction of sp³-hybridized carbons (Fsp3) is 0. The zero-order chi connectivity index (χ0) is 26.3. The first-order chi connectivity index (χ1) is 19.3. The van der Waals surface area contributed by atoms with E-state index in [0.29, 0.717) is 0 Å². The summed E-state index contributed by atoms with van der Waals surface area (Å²) in [7, 11) is 0. The number of anilines is 7. The van der Waals surface area contributed by atoms with Crippen LogP contribution in [0.5, 0.6) is 0 Å². The number of nitrogens with one attached hydrogen (secondary N) is 2. The summed E-state index contributed by atoms with van der Waals surface area (Å²) in [6.45, 7) is 0. The van der Waals surface area contributed by atoms with E-state index in [2.05, 4.69) is 131 Å². The van der Waals surface area contributed by atoms with Gasteiger partial charge in [-0.15, -0.1) is 0 Å². The van der Waals surface area contributed by atoms with Gasteiger partial charge in [0, 0.05) is 45.4 Å². The third-order valence-corrected chi connectivity index (χ3v) is 6.60. The Morgan fingerprint density at radius 1 is 0.359 bits per heavy atom. The number of para-hydroxylation sites is 4. The maximum absolute atomic E-state index is 3.61. The quantitative estimate of drug-likeness (QED) is 0.216. The Kier molecular flexibility index (Phi) is 7.04. The maximum atomic E-state index is 3.61. The lowest BCUT2D eigenvalue weighted by Crippen LogP contribution is -2.09. The van der Waals surface area contributed by atoms with Crippen LogP contribution in [0, 0.1) is 0 Å². The summed E-state index contributed by atoms with van der Waals surface area (Å²) >= 11 is 0. The van der Waals surface area contributed by atoms with E-state index < -0.39 is 0 Å². The second-order valence-corrected chi connectivity index (χ2v) is 9.30. The van der Waals surface area contributed by atoms with Crippen LogP contribution in [-0.2, 0) is 0 Å². The largest absolute Gasteiger partial charge is 0.356 e. The predicted octanol–water partition coefficient (Wildman–Crippen LogP) is 10.3. The number of rotatable bonds is 8. The standard InChI is InChI=1S/C36H29N3/c1-5-13-29(14-6-1)37-31-23-26-36(38-30-15-7-2-8-16-30)35(27-31)28-21-24-34(25-22-28)39(32-17-9-3-10-18-32)33-19-11-4-12-20-33/h1-27,37-38H. The van der Waals surface area contributed by atoms with Gasteiger partial charge in [-0.25, -0.2) is 0 Å². The maximum Gasteiger partial charge on any atom is 0.0465 e. The monoisotopic (exact) mass is 503 g/mol. The molecular formula is C36H29N3. The van der Waals surface area contributed by atoms with Crippen molar-refractivity contribution in [1.29, 1.82) is 0 Å². The van der Waals surface area contributed by atoms with Crippen LogP contribution in [-0.4, -0.2) is 0 Å². The number of hydrogen-bond donors (Lipinski definition) is 2. The Morgan fingerprint density at radius 3 is 1.36 bits per heavy atom. The van der Waals surface area contributed by atoms with E-state index in [-0.39, 0.29) is 0 Å². The first-order valence-corrected chi connectivity index (χ1v) is 13.1. The summed E-state index contributed by atoms with van der Waals surface area (Å²) in [5.74, 6) is 0. The van der Waals surface area contributed by atoms with Gasteiger partial charge in [-0.3, -0.25) is 0 Å². The molecule has 2 N–H and O–H groups in total. The van der Waals surface area contributed by atoms with Crippen molar-refractivity contribution in [3.63, 3.8) is 0 Å². The van der Waals surface area contributed by atoms with Crippen molar-refractivity contribution in [3.05, 3.63) is 164 Å². The van der Waals surface area contributed by atoms with Crippen molar-refractivity contribution in [2.45, 2.75) is 0 Å². The Bertz CT molecular complexity index is 1580. The first kappa shape index (κ1) is 24.1. The fourth-order valence-corrected chi connectivity index (χ4v) is 4.73. The molecule has 0 amide bonds. The van der Waals surface area contributed by atoms with E-state index in [4.69, 9.17) is 0 Å². The summed E-state index contributed by atoms with van der Waals surface area (Å²) in [6, 6.07) is 56.8. The third-order valence-electron chi connectivity index (χ3n) is 6.60. The highest BCUT2D eigenvalue weighted by Crippen LogP contribution is 2.38. The smallest absolute Gasteiger partial charge is 0.0465 e. The highest BCUT2D eigenvalue weighted by atomic mass is 15.1. The van der Waals surface area contributed by atoms with E-state index in [1.807, 2.05) is 48.5 Å². The van der Waals surface area contributed by atoms with Gasteiger partial charge in [0.2, 0.25) is 0 Å². The molecule has 0 heterocycles. The zero-order valence-corrected chi connectivity index (χ0v) is 21.5. The summed E-state index contributed by atoms with van der Waals surface area (Å²) in [5, 5.41) is 7.15. The van der Waals surface area contributed by atoms with Crippen molar-refractivity contribution in [3.8, 4) is 11.1 Å². The minimum Gasteiger partial charge on any atom is -0.356 e. The van der Waals surface area contributed by atoms with Crippen molar-refractivity contribution in [2.24, 2.45) is 0 Å². The van der Waals surface area contributed by atoms with Gasteiger partial charge in [0.25, 0.3) is 0 Å². The number of nitrogens with zero attached hydrogens (tertiary/aromatic N) is 1. The Hall–Kier alpha value is -5.28. The molecule has 0 saturated carbocycles. The predicted molar refractivity (Wildman–Crippen MR) is 166 cm³/mol. The normalized spacial score (nSPS) is 10.6. The molecule has 3 heteroatoms. The van der Waals surface area contributed by atoms with Gasteiger partial charge in [-0.05, 0) is 84.4 Å². The Labute approximate surface area is 230 Å². The van der Waals surface area contributed by atoms with Crippen molar-refractivity contribution >= 4 is 39.8 Å². The van der Waals surface area contributed by atoms with Crippen LogP contribution in [0.25, 0.3) is 11.1 Å². The highest BCUT2D eigenvalue weighted by Gasteiger charge is 2.13. The molecule has 0 aromatic heterocycles. The minimum absolute atomic E-state index is 1.04. The van der Waals surface area contributed by atoms with Crippen molar-refractivity contribution < 1.29 is 0 Å². The molecule has 0 bridgehead atoms. The second kappa shape index (κ2) is 11.4. The summed E-state index contributed by atoms with van der Waals surface area (Å²) in [5.41, 5.74) is 9.81. The van der Waals surface area contributed by atoms with Gasteiger partial charge in [-0.1, -0.05) is 84.9 Å². The van der Waals surface area contributed by atoms with Crippen LogP contribution in [0.2, 0.25) is 0 Å². The van der Waals surface area contributed by atoms with E-state index in [1.165, 1.54) is 0 Å². The van der Waals surface area contributed by atoms with Crippen LogP contribution in [0.3, 0.4) is 0 Å². The summed E-state index contributed by atoms with van der Waals surface area (Å²) in [6.07, 6.45) is 0. The molecular weight excluding hydrogens is 474 g/mol. The number of hydrogen-bond acceptors (Lipinski definition) is 3. The SMILES string of the molecule is c1ccc(Nc2ccc(Nc3ccccc3)c(-c3ccc(N(c4ccccc4)c4ccccc4)cc3)c2)cc1. The molecule has 0 unspecified atom stereocenters. The van der Waals surface area contributed by atoms with Gasteiger partial charge in [0.1, 0.15) is 0 Å². The Morgan fingerprint density at radius 2 is 0.821 bits per heavy atom. The molecule has 0 spiro atoms. The van der Waals surface area contributed by atoms with Gasteiger partial charge < -0.3 is 15.5 Å². The van der Waals surface area contributed by atoms with Crippen LogP contribution < -0.4 is 15.5 Å². The minimum atomic E-state index is 1.04. The molecule has 188 valence electrons. The molecule has 0 aliphatic carbocycles. The molecule has 0 fully saturated rings. The van der Waals surface area contributed by atoms with Crippen LogP contribution >= 0.6 is 0 Å². The molecule has 0 aliphatic rings. The summed E-state index contributed by atoms with van der Waals surface area (Å²) < 4.78 is 0. The van der Waals surface area contributed by atoms with Gasteiger partial charge in [0.05, 0.1) is 0 Å². The van der Waals surface area contributed by atoms with Gasteiger partial charge >= 0.3 is 0 Å². The average Bonchev–Trinajstić information content (AvgIpc) is 3.01. The Balaban J connectivity index is 1.38. The van der Waals surface area contributed by atoms with Crippen molar-refractivity contribution in [2.75, 3.05) is 15.5 Å². The molecule has 39 heavy (non-hydrogen) atoms. The van der Waals surface area contributed by atoms with E-state index >= 15 is 0 Å². The van der Waals surface area contributed by atoms with Crippen LogP contribution in [0.1, 0.15) is 0 Å².